The average Bonchev–Trinajstić information content (AvgIpc) is 3.65. The summed E-state index contributed by atoms with van der Waals surface area (Å²) in [6.07, 6.45) is 0. The molecule has 3 heterocycles. The van der Waals surface area contributed by atoms with Crippen LogP contribution >= 0.6 is 0 Å². The third-order valence-corrected chi connectivity index (χ3v) is 8.25. The average molecular weight is 514 g/mol. The third-order valence-electron chi connectivity index (χ3n) is 8.25. The van der Waals surface area contributed by atoms with Crippen molar-refractivity contribution in [3.05, 3.63) is 127 Å². The van der Waals surface area contributed by atoms with E-state index >= 15 is 0 Å². The molecule has 3 aromatic heterocycles. The molecule has 0 spiro atoms. The van der Waals surface area contributed by atoms with Gasteiger partial charge in [-0.25, -0.2) is 0 Å². The number of nitrogens with zero attached hydrogens (tertiary/aromatic N) is 1. The Hall–Kier alpha value is -5.28. The molecule has 0 amide bonds. The maximum Gasteiger partial charge on any atom is 0.136 e. The number of hydrogen-bond acceptors (Lipinski definition) is 2. The Balaban J connectivity index is 1.31. The molecule has 0 bridgehead atoms. The number of aromatic nitrogens is 1. The van der Waals surface area contributed by atoms with Gasteiger partial charge in [-0.15, -0.1) is 0 Å². The van der Waals surface area contributed by atoms with Crippen molar-refractivity contribution < 1.29 is 8.83 Å². The number of furan rings is 2. The van der Waals surface area contributed by atoms with Crippen molar-refractivity contribution in [3.8, 4) is 16.8 Å². The van der Waals surface area contributed by atoms with E-state index in [9.17, 15) is 0 Å². The molecule has 0 radical (unpaired) electrons. The number of rotatable bonds is 2. The number of hydrogen-bond donors (Lipinski definition) is 0. The van der Waals surface area contributed by atoms with Gasteiger partial charge in [0.2, 0.25) is 0 Å². The van der Waals surface area contributed by atoms with Crippen LogP contribution in [0, 0.1) is 6.92 Å². The first-order valence-corrected chi connectivity index (χ1v) is 13.6. The summed E-state index contributed by atoms with van der Waals surface area (Å²) >= 11 is 0. The van der Waals surface area contributed by atoms with Crippen LogP contribution in [-0.2, 0) is 0 Å². The highest BCUT2D eigenvalue weighted by Crippen LogP contribution is 2.41. The zero-order chi connectivity index (χ0) is 26.4. The van der Waals surface area contributed by atoms with Gasteiger partial charge in [-0.3, -0.25) is 0 Å². The molecular formula is C37H23NO2. The molecule has 0 aliphatic rings. The van der Waals surface area contributed by atoms with E-state index in [1.54, 1.807) is 0 Å². The molecule has 40 heavy (non-hydrogen) atoms. The lowest BCUT2D eigenvalue weighted by Crippen LogP contribution is -1.93. The largest absolute Gasteiger partial charge is 0.456 e. The summed E-state index contributed by atoms with van der Waals surface area (Å²) in [7, 11) is 0. The van der Waals surface area contributed by atoms with Gasteiger partial charge in [0.1, 0.15) is 22.3 Å². The van der Waals surface area contributed by atoms with E-state index in [-0.39, 0.29) is 0 Å². The molecular weight excluding hydrogens is 490 g/mol. The molecule has 9 aromatic rings. The molecule has 0 aliphatic carbocycles. The van der Waals surface area contributed by atoms with E-state index in [1.807, 2.05) is 0 Å². The standard InChI is InChI=1S/C37H23NO2/c1-22-13-16-28-29-20-23(14-17-33(29)40-36(28)19-22)25-9-6-12-35-37(25)30-21-24(15-18-34(30)39-35)38-31-10-4-2-7-26(31)27-8-3-5-11-32(27)38/h2-21H,1H3. The van der Waals surface area contributed by atoms with Crippen LogP contribution in [0.5, 0.6) is 0 Å². The van der Waals surface area contributed by atoms with Crippen LogP contribution < -0.4 is 0 Å². The lowest BCUT2D eigenvalue weighted by molar-refractivity contribution is 0.668. The van der Waals surface area contributed by atoms with Crippen LogP contribution in [0.4, 0.5) is 0 Å². The normalized spacial score (nSPS) is 12.1. The lowest BCUT2D eigenvalue weighted by Gasteiger charge is -2.09. The smallest absolute Gasteiger partial charge is 0.136 e. The second-order valence-corrected chi connectivity index (χ2v) is 10.6. The second kappa shape index (κ2) is 7.87. The summed E-state index contributed by atoms with van der Waals surface area (Å²) in [6.45, 7) is 2.09. The van der Waals surface area contributed by atoms with Gasteiger partial charge in [0.25, 0.3) is 0 Å². The van der Waals surface area contributed by atoms with Crippen LogP contribution in [0.1, 0.15) is 5.56 Å². The van der Waals surface area contributed by atoms with Gasteiger partial charge in [0.15, 0.2) is 0 Å². The quantitative estimate of drug-likeness (QED) is 0.230. The topological polar surface area (TPSA) is 31.2 Å². The van der Waals surface area contributed by atoms with Gasteiger partial charge < -0.3 is 13.4 Å². The summed E-state index contributed by atoms with van der Waals surface area (Å²) < 4.78 is 14.9. The Morgan fingerprint density at radius 2 is 1.20 bits per heavy atom. The molecule has 6 aromatic carbocycles. The Morgan fingerprint density at radius 1 is 0.475 bits per heavy atom. The Kier molecular flexibility index (Phi) is 4.26. The van der Waals surface area contributed by atoms with Gasteiger partial charge in [0.05, 0.1) is 11.0 Å². The van der Waals surface area contributed by atoms with E-state index in [0.717, 1.165) is 60.7 Å². The van der Waals surface area contributed by atoms with Gasteiger partial charge in [-0.2, -0.15) is 0 Å². The van der Waals surface area contributed by atoms with Crippen molar-refractivity contribution in [2.45, 2.75) is 6.92 Å². The van der Waals surface area contributed by atoms with Crippen molar-refractivity contribution in [2.75, 3.05) is 0 Å². The van der Waals surface area contributed by atoms with E-state index in [1.165, 1.54) is 27.4 Å². The van der Waals surface area contributed by atoms with Gasteiger partial charge >= 0.3 is 0 Å². The van der Waals surface area contributed by atoms with Gasteiger partial charge in [0, 0.05) is 38.0 Å². The fraction of sp³-hybridized carbons (Fsp3) is 0.0270. The predicted octanol–water partition coefficient (Wildman–Crippen LogP) is 10.6. The minimum atomic E-state index is 0.886. The zero-order valence-electron chi connectivity index (χ0n) is 21.8. The predicted molar refractivity (Wildman–Crippen MR) is 166 cm³/mol. The first kappa shape index (κ1) is 21.6. The summed E-state index contributed by atoms with van der Waals surface area (Å²) in [5.41, 5.74) is 10.6. The fourth-order valence-electron chi connectivity index (χ4n) is 6.45. The third kappa shape index (κ3) is 2.95. The number of fused-ring (bicyclic) bond motifs is 9. The minimum absolute atomic E-state index is 0.886. The first-order chi connectivity index (χ1) is 19.7. The maximum absolute atomic E-state index is 6.39. The number of benzene rings is 6. The second-order valence-electron chi connectivity index (χ2n) is 10.6. The van der Waals surface area contributed by atoms with Crippen molar-refractivity contribution in [3.63, 3.8) is 0 Å². The molecule has 9 rings (SSSR count). The molecule has 0 saturated carbocycles. The first-order valence-electron chi connectivity index (χ1n) is 13.6. The van der Waals surface area contributed by atoms with E-state index in [2.05, 4.69) is 133 Å². The minimum Gasteiger partial charge on any atom is -0.456 e. The van der Waals surface area contributed by atoms with Gasteiger partial charge in [-0.05, 0) is 78.2 Å². The van der Waals surface area contributed by atoms with Gasteiger partial charge in [-0.1, -0.05) is 66.7 Å². The lowest BCUT2D eigenvalue weighted by atomic mass is 9.97. The summed E-state index contributed by atoms with van der Waals surface area (Å²) in [4.78, 5) is 0. The molecule has 0 saturated heterocycles. The van der Waals surface area contributed by atoms with Crippen molar-refractivity contribution in [1.29, 1.82) is 0 Å². The van der Waals surface area contributed by atoms with Crippen LogP contribution in [0.3, 0.4) is 0 Å². The van der Waals surface area contributed by atoms with E-state index in [4.69, 9.17) is 8.83 Å². The Morgan fingerprint density at radius 3 is 2.02 bits per heavy atom. The fourth-order valence-corrected chi connectivity index (χ4v) is 6.45. The molecule has 0 fully saturated rings. The Bertz CT molecular complexity index is 2400. The number of aryl methyl sites for hydroxylation is 1. The SMILES string of the molecule is Cc1ccc2c(c1)oc1ccc(-c3cccc4oc5ccc(-n6c7ccccc7c7ccccc76)cc5c34)cc12. The van der Waals surface area contributed by atoms with Crippen LogP contribution in [0.2, 0.25) is 0 Å². The molecule has 0 atom stereocenters. The molecule has 188 valence electrons. The summed E-state index contributed by atoms with van der Waals surface area (Å²) in [5.74, 6) is 0. The molecule has 0 aliphatic heterocycles. The van der Waals surface area contributed by atoms with Crippen molar-refractivity contribution >= 4 is 65.7 Å². The molecule has 3 heteroatoms. The Labute approximate surface area is 229 Å². The highest BCUT2D eigenvalue weighted by Gasteiger charge is 2.17. The monoisotopic (exact) mass is 513 g/mol. The maximum atomic E-state index is 6.39. The summed E-state index contributed by atoms with van der Waals surface area (Å²) in [5, 5.41) is 7.02. The van der Waals surface area contributed by atoms with E-state index in [0.29, 0.717) is 0 Å². The van der Waals surface area contributed by atoms with Crippen LogP contribution in [0.25, 0.3) is 82.5 Å². The molecule has 3 nitrogen and oxygen atoms in total. The molecule has 0 unspecified atom stereocenters. The highest BCUT2D eigenvalue weighted by atomic mass is 16.3. The zero-order valence-corrected chi connectivity index (χ0v) is 21.8. The summed E-state index contributed by atoms with van der Waals surface area (Å²) in [6, 6.07) is 43.0. The van der Waals surface area contributed by atoms with Crippen molar-refractivity contribution in [2.24, 2.45) is 0 Å². The van der Waals surface area contributed by atoms with Crippen molar-refractivity contribution in [1.82, 2.24) is 4.57 Å². The number of para-hydroxylation sites is 2. The highest BCUT2D eigenvalue weighted by molar-refractivity contribution is 6.15. The van der Waals surface area contributed by atoms with Crippen LogP contribution in [-0.4, -0.2) is 4.57 Å². The van der Waals surface area contributed by atoms with E-state index < -0.39 is 0 Å². The van der Waals surface area contributed by atoms with Crippen LogP contribution in [0.15, 0.2) is 130 Å². The molecule has 0 N–H and O–H groups in total.